The minimum atomic E-state index is -0.796. The molecule has 1 fully saturated rings. The van der Waals surface area contributed by atoms with E-state index in [1.807, 2.05) is 67.6 Å². The normalized spacial score (nSPS) is 23.4. The minimum absolute atomic E-state index is 0.290. The van der Waals surface area contributed by atoms with E-state index in [-0.39, 0.29) is 6.10 Å². The molecule has 0 radical (unpaired) electrons. The van der Waals surface area contributed by atoms with Crippen molar-refractivity contribution in [2.24, 2.45) is 0 Å². The van der Waals surface area contributed by atoms with E-state index in [9.17, 15) is 9.59 Å². The van der Waals surface area contributed by atoms with Crippen LogP contribution in [0.25, 0.3) is 0 Å². The molecule has 3 rings (SSSR count). The maximum Gasteiger partial charge on any atom is 0.408 e. The Hall–Kier alpha value is -2.90. The zero-order valence-electron chi connectivity index (χ0n) is 21.1. The van der Waals surface area contributed by atoms with Crippen LogP contribution in [0.1, 0.15) is 58.1 Å². The zero-order chi connectivity index (χ0) is 25.3. The third kappa shape index (κ3) is 9.00. The summed E-state index contributed by atoms with van der Waals surface area (Å²) in [7, 11) is 0. The third-order valence-electron chi connectivity index (χ3n) is 5.68. The molecule has 0 saturated carbocycles. The highest BCUT2D eigenvalue weighted by atomic mass is 16.6. The number of nitrogens with one attached hydrogen (secondary N) is 1. The first-order chi connectivity index (χ1) is 16.7. The van der Waals surface area contributed by atoms with Crippen molar-refractivity contribution in [3.63, 3.8) is 0 Å². The van der Waals surface area contributed by atoms with Crippen LogP contribution in [0.4, 0.5) is 4.79 Å². The van der Waals surface area contributed by atoms with Gasteiger partial charge in [0.05, 0.1) is 19.3 Å². The second-order valence-corrected chi connectivity index (χ2v) is 9.87. The van der Waals surface area contributed by atoms with Crippen molar-refractivity contribution in [1.82, 2.24) is 5.32 Å². The van der Waals surface area contributed by atoms with Gasteiger partial charge in [-0.3, -0.25) is 0 Å². The highest BCUT2D eigenvalue weighted by Crippen LogP contribution is 2.24. The Morgan fingerprint density at radius 2 is 1.51 bits per heavy atom. The van der Waals surface area contributed by atoms with E-state index < -0.39 is 35.9 Å². The standard InChI is InChI=1S/C28H37NO6/c1-20-25(33-19-22-14-9-6-10-15-22)24(32-18-21-12-7-5-8-13-21)17-11-16-23(26(30)34-20)29-27(31)35-28(2,3)4/h5-10,12-15,20,23-25H,11,16-19H2,1-4H3,(H,29,31)/t20-,23?,24-,25-/m0/s1. The molecule has 4 atom stereocenters. The van der Waals surface area contributed by atoms with Gasteiger partial charge in [-0.05, 0) is 58.1 Å². The molecule has 0 aliphatic carbocycles. The van der Waals surface area contributed by atoms with Crippen LogP contribution >= 0.6 is 0 Å². The molecule has 0 aromatic heterocycles. The highest BCUT2D eigenvalue weighted by Gasteiger charge is 2.36. The van der Waals surface area contributed by atoms with Gasteiger partial charge in [0.1, 0.15) is 23.9 Å². The predicted molar refractivity (Wildman–Crippen MR) is 133 cm³/mol. The van der Waals surface area contributed by atoms with E-state index in [2.05, 4.69) is 5.32 Å². The fourth-order valence-corrected chi connectivity index (χ4v) is 3.99. The quantitative estimate of drug-likeness (QED) is 0.548. The topological polar surface area (TPSA) is 83.1 Å². The van der Waals surface area contributed by atoms with Crippen LogP contribution in [0, 0.1) is 0 Å². The maximum absolute atomic E-state index is 12.9. The number of rotatable bonds is 7. The van der Waals surface area contributed by atoms with E-state index in [1.165, 1.54) is 0 Å². The first-order valence-corrected chi connectivity index (χ1v) is 12.2. The van der Waals surface area contributed by atoms with Gasteiger partial charge in [0, 0.05) is 0 Å². The Morgan fingerprint density at radius 3 is 2.09 bits per heavy atom. The van der Waals surface area contributed by atoms with Gasteiger partial charge in [-0.15, -0.1) is 0 Å². The monoisotopic (exact) mass is 483 g/mol. The second-order valence-electron chi connectivity index (χ2n) is 9.87. The summed E-state index contributed by atoms with van der Waals surface area (Å²) in [6, 6.07) is 19.0. The van der Waals surface area contributed by atoms with Gasteiger partial charge < -0.3 is 24.3 Å². The van der Waals surface area contributed by atoms with Crippen LogP contribution in [0.5, 0.6) is 0 Å². The van der Waals surface area contributed by atoms with E-state index in [4.69, 9.17) is 18.9 Å². The Labute approximate surface area is 208 Å². The highest BCUT2D eigenvalue weighted by molar-refractivity contribution is 5.81. The maximum atomic E-state index is 12.9. The molecular weight excluding hydrogens is 446 g/mol. The summed E-state index contributed by atoms with van der Waals surface area (Å²) < 4.78 is 23.7. The number of ether oxygens (including phenoxy) is 4. The van der Waals surface area contributed by atoms with Gasteiger partial charge in [0.2, 0.25) is 0 Å². The van der Waals surface area contributed by atoms with Crippen LogP contribution in [0.2, 0.25) is 0 Å². The molecule has 1 saturated heterocycles. The van der Waals surface area contributed by atoms with E-state index in [0.29, 0.717) is 32.5 Å². The summed E-state index contributed by atoms with van der Waals surface area (Å²) in [6.45, 7) is 7.94. The number of amides is 1. The van der Waals surface area contributed by atoms with Gasteiger partial charge in [-0.2, -0.15) is 0 Å². The van der Waals surface area contributed by atoms with Crippen LogP contribution in [-0.4, -0.2) is 42.0 Å². The van der Waals surface area contributed by atoms with Crippen LogP contribution < -0.4 is 5.32 Å². The molecule has 1 aliphatic heterocycles. The molecule has 2 aromatic carbocycles. The lowest BCUT2D eigenvalue weighted by molar-refractivity contribution is -0.170. The largest absolute Gasteiger partial charge is 0.458 e. The molecule has 1 N–H and O–H groups in total. The smallest absolute Gasteiger partial charge is 0.408 e. The molecule has 1 amide bonds. The SMILES string of the molecule is C[C@@H]1OC(=O)C(NC(=O)OC(C)(C)C)CCC[C@H](OCc2ccccc2)[C@H]1OCc1ccccc1. The van der Waals surface area contributed by atoms with Crippen LogP contribution in [-0.2, 0) is 37.0 Å². The fraction of sp³-hybridized carbons (Fsp3) is 0.500. The summed E-state index contributed by atoms with van der Waals surface area (Å²) in [6.07, 6.45) is -0.257. The number of hydrogen-bond acceptors (Lipinski definition) is 6. The Bertz CT molecular complexity index is 927. The summed E-state index contributed by atoms with van der Waals surface area (Å²) in [5, 5.41) is 2.67. The summed E-state index contributed by atoms with van der Waals surface area (Å²) in [4.78, 5) is 25.2. The number of alkyl carbamates (subject to hydrolysis) is 1. The molecule has 190 valence electrons. The molecule has 1 unspecified atom stereocenters. The van der Waals surface area contributed by atoms with Crippen LogP contribution in [0.15, 0.2) is 60.7 Å². The second kappa shape index (κ2) is 12.7. The van der Waals surface area contributed by atoms with Gasteiger partial charge in [0.15, 0.2) is 0 Å². The van der Waals surface area contributed by atoms with Gasteiger partial charge in [0.25, 0.3) is 0 Å². The molecular formula is C28H37NO6. The number of benzene rings is 2. The third-order valence-corrected chi connectivity index (χ3v) is 5.68. The van der Waals surface area contributed by atoms with Crippen LogP contribution in [0.3, 0.4) is 0 Å². The average molecular weight is 484 g/mol. The van der Waals surface area contributed by atoms with Crippen molar-refractivity contribution in [3.8, 4) is 0 Å². The molecule has 0 spiro atoms. The summed E-state index contributed by atoms with van der Waals surface area (Å²) in [5.74, 6) is -0.500. The lowest BCUT2D eigenvalue weighted by atomic mass is 10.0. The van der Waals surface area contributed by atoms with Gasteiger partial charge in [-0.1, -0.05) is 60.7 Å². The van der Waals surface area contributed by atoms with E-state index in [1.54, 1.807) is 20.8 Å². The summed E-state index contributed by atoms with van der Waals surface area (Å²) in [5.41, 5.74) is 1.42. The summed E-state index contributed by atoms with van der Waals surface area (Å²) >= 11 is 0. The minimum Gasteiger partial charge on any atom is -0.458 e. The predicted octanol–water partition coefficient (Wildman–Crippen LogP) is 5.17. The van der Waals surface area contributed by atoms with Crippen molar-refractivity contribution >= 4 is 12.1 Å². The molecule has 7 heteroatoms. The number of carbonyl (C=O) groups excluding carboxylic acids is 2. The fourth-order valence-electron chi connectivity index (χ4n) is 3.99. The van der Waals surface area contributed by atoms with E-state index >= 15 is 0 Å². The lowest BCUT2D eigenvalue weighted by Crippen LogP contribution is -2.46. The molecule has 1 aliphatic rings. The van der Waals surface area contributed by atoms with Crippen molar-refractivity contribution in [1.29, 1.82) is 0 Å². The molecule has 35 heavy (non-hydrogen) atoms. The lowest BCUT2D eigenvalue weighted by Gasteiger charge is -2.31. The van der Waals surface area contributed by atoms with Crippen molar-refractivity contribution in [3.05, 3.63) is 71.8 Å². The Kier molecular flexibility index (Phi) is 9.69. The number of cyclic esters (lactones) is 1. The first-order valence-electron chi connectivity index (χ1n) is 12.2. The van der Waals surface area contributed by atoms with Gasteiger partial charge in [-0.25, -0.2) is 9.59 Å². The molecule has 0 bridgehead atoms. The van der Waals surface area contributed by atoms with Crippen molar-refractivity contribution in [2.75, 3.05) is 0 Å². The van der Waals surface area contributed by atoms with Crippen molar-refractivity contribution < 1.29 is 28.5 Å². The number of hydrogen-bond donors (Lipinski definition) is 1. The molecule has 2 aromatic rings. The van der Waals surface area contributed by atoms with Gasteiger partial charge >= 0.3 is 12.1 Å². The number of carbonyl (C=O) groups is 2. The first kappa shape index (κ1) is 26.7. The molecule has 1 heterocycles. The number of esters is 1. The zero-order valence-corrected chi connectivity index (χ0v) is 21.1. The van der Waals surface area contributed by atoms with E-state index in [0.717, 1.165) is 11.1 Å². The molecule has 7 nitrogen and oxygen atoms in total. The average Bonchev–Trinajstić information content (AvgIpc) is 2.85. The Balaban J connectivity index is 1.72. The van der Waals surface area contributed by atoms with Crippen molar-refractivity contribution in [2.45, 2.75) is 90.1 Å². The Morgan fingerprint density at radius 1 is 0.943 bits per heavy atom.